The third-order valence-electron chi connectivity index (χ3n) is 3.88. The summed E-state index contributed by atoms with van der Waals surface area (Å²) in [6.07, 6.45) is 1.58. The van der Waals surface area contributed by atoms with E-state index in [4.69, 9.17) is 19.5 Å². The molecule has 0 fully saturated rings. The Labute approximate surface area is 156 Å². The van der Waals surface area contributed by atoms with E-state index in [1.54, 1.807) is 42.3 Å². The molecule has 2 aromatic carbocycles. The summed E-state index contributed by atoms with van der Waals surface area (Å²) in [5, 5.41) is 13.2. The molecule has 0 spiro atoms. The summed E-state index contributed by atoms with van der Waals surface area (Å²) < 4.78 is 17.2. The lowest BCUT2D eigenvalue weighted by Gasteiger charge is -2.09. The summed E-state index contributed by atoms with van der Waals surface area (Å²) in [4.78, 5) is 12.4. The molecule has 0 aliphatic rings. The highest BCUT2D eigenvalue weighted by Crippen LogP contribution is 2.33. The van der Waals surface area contributed by atoms with Crippen LogP contribution in [0.1, 0.15) is 10.4 Å². The number of hydrogen-bond donors (Lipinski definition) is 0. The third kappa shape index (κ3) is 3.75. The quantitative estimate of drug-likeness (QED) is 0.625. The number of nitriles is 1. The highest BCUT2D eigenvalue weighted by Gasteiger charge is 2.21. The molecule has 3 aromatic rings. The molecule has 3 rings (SSSR count). The van der Waals surface area contributed by atoms with Crippen molar-refractivity contribution >= 4 is 5.97 Å². The van der Waals surface area contributed by atoms with Gasteiger partial charge < -0.3 is 14.2 Å². The maximum absolute atomic E-state index is 12.4. The maximum atomic E-state index is 12.4. The van der Waals surface area contributed by atoms with Crippen molar-refractivity contribution in [2.45, 2.75) is 0 Å². The van der Waals surface area contributed by atoms with E-state index in [1.807, 2.05) is 30.3 Å². The standard InChI is InChI=1S/C20H17N3O4/c1-25-17-9-8-14(12-18(17)26-2)19-16(20(24)27-11-10-21)13-23(22-19)15-6-4-3-5-7-15/h3-9,12-13H,11H2,1-2H3. The molecule has 1 heterocycles. The van der Waals surface area contributed by atoms with Crippen LogP contribution in [0.4, 0.5) is 0 Å². The molecule has 0 N–H and O–H groups in total. The van der Waals surface area contributed by atoms with Crippen molar-refractivity contribution < 1.29 is 19.0 Å². The minimum absolute atomic E-state index is 0.251. The summed E-state index contributed by atoms with van der Waals surface area (Å²) in [7, 11) is 3.08. The van der Waals surface area contributed by atoms with E-state index < -0.39 is 5.97 Å². The Hall–Kier alpha value is -3.79. The number of carbonyl (C=O) groups excluding carboxylic acids is 1. The zero-order valence-corrected chi connectivity index (χ0v) is 14.9. The molecule has 0 saturated carbocycles. The van der Waals surface area contributed by atoms with Crippen molar-refractivity contribution in [3.8, 4) is 34.5 Å². The predicted molar refractivity (Wildman–Crippen MR) is 98.0 cm³/mol. The number of esters is 1. The summed E-state index contributed by atoms with van der Waals surface area (Å²) >= 11 is 0. The number of nitrogens with zero attached hydrogens (tertiary/aromatic N) is 3. The van der Waals surface area contributed by atoms with Crippen molar-refractivity contribution in [1.82, 2.24) is 9.78 Å². The molecule has 27 heavy (non-hydrogen) atoms. The van der Waals surface area contributed by atoms with Gasteiger partial charge in [0.15, 0.2) is 18.1 Å². The average molecular weight is 363 g/mol. The fourth-order valence-corrected chi connectivity index (χ4v) is 2.61. The zero-order chi connectivity index (χ0) is 19.2. The molecule has 0 aliphatic heterocycles. The number of para-hydroxylation sites is 1. The van der Waals surface area contributed by atoms with Gasteiger partial charge in [0.2, 0.25) is 0 Å². The van der Waals surface area contributed by atoms with Crippen LogP contribution in [-0.4, -0.2) is 36.6 Å². The summed E-state index contributed by atoms with van der Waals surface area (Å²) in [5.74, 6) is 0.460. The van der Waals surface area contributed by atoms with Crippen LogP contribution in [0.15, 0.2) is 54.7 Å². The van der Waals surface area contributed by atoms with Gasteiger partial charge in [0.1, 0.15) is 17.3 Å². The molecule has 0 aliphatic carbocycles. The van der Waals surface area contributed by atoms with Gasteiger partial charge in [-0.05, 0) is 30.3 Å². The number of benzene rings is 2. The summed E-state index contributed by atoms with van der Waals surface area (Å²) in [5.41, 5.74) is 2.12. The van der Waals surface area contributed by atoms with Gasteiger partial charge in [-0.3, -0.25) is 0 Å². The largest absolute Gasteiger partial charge is 0.493 e. The van der Waals surface area contributed by atoms with Gasteiger partial charge in [-0.25, -0.2) is 9.48 Å². The average Bonchev–Trinajstić information content (AvgIpc) is 3.17. The number of rotatable bonds is 6. The van der Waals surface area contributed by atoms with Gasteiger partial charge in [-0.2, -0.15) is 10.4 Å². The van der Waals surface area contributed by atoms with Crippen LogP contribution in [0.2, 0.25) is 0 Å². The molecule has 0 amide bonds. The smallest absolute Gasteiger partial charge is 0.343 e. The van der Waals surface area contributed by atoms with E-state index in [2.05, 4.69) is 5.10 Å². The SMILES string of the molecule is COc1ccc(-c2nn(-c3ccccc3)cc2C(=O)OCC#N)cc1OC. The van der Waals surface area contributed by atoms with Crippen LogP contribution in [-0.2, 0) is 4.74 Å². The van der Waals surface area contributed by atoms with Crippen molar-refractivity contribution in [2.24, 2.45) is 0 Å². The van der Waals surface area contributed by atoms with Gasteiger partial charge in [-0.15, -0.1) is 0 Å². The van der Waals surface area contributed by atoms with Crippen molar-refractivity contribution in [3.63, 3.8) is 0 Å². The van der Waals surface area contributed by atoms with Crippen molar-refractivity contribution in [3.05, 3.63) is 60.3 Å². The molecular formula is C20H17N3O4. The van der Waals surface area contributed by atoms with Gasteiger partial charge in [-0.1, -0.05) is 18.2 Å². The second kappa shape index (κ2) is 8.06. The van der Waals surface area contributed by atoms with Gasteiger partial charge >= 0.3 is 5.97 Å². The summed E-state index contributed by atoms with van der Waals surface area (Å²) in [6.45, 7) is -0.333. The highest BCUT2D eigenvalue weighted by molar-refractivity contribution is 5.96. The molecule has 0 radical (unpaired) electrons. The second-order valence-electron chi connectivity index (χ2n) is 5.48. The third-order valence-corrected chi connectivity index (χ3v) is 3.88. The Morgan fingerprint density at radius 3 is 2.52 bits per heavy atom. The molecular weight excluding hydrogens is 346 g/mol. The second-order valence-corrected chi connectivity index (χ2v) is 5.48. The van der Waals surface area contributed by atoms with Crippen LogP contribution in [0.3, 0.4) is 0 Å². The van der Waals surface area contributed by atoms with Gasteiger partial charge in [0.25, 0.3) is 0 Å². The Balaban J connectivity index is 2.11. The van der Waals surface area contributed by atoms with E-state index >= 15 is 0 Å². The Bertz CT molecular complexity index is 990. The Kier molecular flexibility index (Phi) is 5.38. The lowest BCUT2D eigenvalue weighted by atomic mass is 10.1. The Morgan fingerprint density at radius 1 is 1.11 bits per heavy atom. The van der Waals surface area contributed by atoms with Gasteiger partial charge in [0.05, 0.1) is 19.9 Å². The number of methoxy groups -OCH3 is 2. The normalized spacial score (nSPS) is 10.1. The number of hydrogen-bond acceptors (Lipinski definition) is 6. The van der Waals surface area contributed by atoms with E-state index in [0.717, 1.165) is 5.69 Å². The first kappa shape index (κ1) is 18.0. The van der Waals surface area contributed by atoms with Gasteiger partial charge in [0, 0.05) is 11.8 Å². The minimum Gasteiger partial charge on any atom is -0.493 e. The van der Waals surface area contributed by atoms with E-state index in [-0.39, 0.29) is 12.2 Å². The number of ether oxygens (including phenoxy) is 3. The fraction of sp³-hybridized carbons (Fsp3) is 0.150. The maximum Gasteiger partial charge on any atom is 0.343 e. The zero-order valence-electron chi connectivity index (χ0n) is 14.9. The molecule has 0 unspecified atom stereocenters. The first-order valence-electron chi connectivity index (χ1n) is 8.09. The monoisotopic (exact) mass is 363 g/mol. The molecule has 136 valence electrons. The van der Waals surface area contributed by atoms with Crippen LogP contribution in [0.25, 0.3) is 16.9 Å². The topological polar surface area (TPSA) is 86.4 Å². The summed E-state index contributed by atoms with van der Waals surface area (Å²) in [6, 6.07) is 16.4. The van der Waals surface area contributed by atoms with E-state index in [1.165, 1.54) is 7.11 Å². The number of carbonyl (C=O) groups is 1. The number of aromatic nitrogens is 2. The first-order chi connectivity index (χ1) is 13.2. The first-order valence-corrected chi connectivity index (χ1v) is 8.09. The molecule has 1 aromatic heterocycles. The van der Waals surface area contributed by atoms with Crippen LogP contribution in [0.5, 0.6) is 11.5 Å². The fourth-order valence-electron chi connectivity index (χ4n) is 2.61. The molecule has 0 saturated heterocycles. The van der Waals surface area contributed by atoms with Crippen LogP contribution >= 0.6 is 0 Å². The molecule has 7 heteroatoms. The van der Waals surface area contributed by atoms with E-state index in [0.29, 0.717) is 22.8 Å². The Morgan fingerprint density at radius 2 is 1.85 bits per heavy atom. The highest BCUT2D eigenvalue weighted by atomic mass is 16.5. The lowest BCUT2D eigenvalue weighted by Crippen LogP contribution is -2.05. The molecule has 7 nitrogen and oxygen atoms in total. The lowest BCUT2D eigenvalue weighted by molar-refractivity contribution is 0.0556. The van der Waals surface area contributed by atoms with E-state index in [9.17, 15) is 4.79 Å². The molecule has 0 bridgehead atoms. The minimum atomic E-state index is -0.622. The molecule has 0 atom stereocenters. The van der Waals surface area contributed by atoms with Crippen molar-refractivity contribution in [2.75, 3.05) is 20.8 Å². The van der Waals surface area contributed by atoms with Crippen LogP contribution in [0, 0.1) is 11.3 Å². The predicted octanol–water partition coefficient (Wildman–Crippen LogP) is 3.24. The van der Waals surface area contributed by atoms with Crippen LogP contribution < -0.4 is 9.47 Å². The van der Waals surface area contributed by atoms with Crippen molar-refractivity contribution in [1.29, 1.82) is 5.26 Å².